The maximum absolute atomic E-state index is 6.57. The van der Waals surface area contributed by atoms with Crippen LogP contribution in [-0.4, -0.2) is 13.1 Å². The van der Waals surface area contributed by atoms with Crippen LogP contribution >= 0.6 is 23.2 Å². The van der Waals surface area contributed by atoms with Crippen LogP contribution in [0.5, 0.6) is 5.75 Å². The van der Waals surface area contributed by atoms with Gasteiger partial charge in [0.15, 0.2) is 0 Å². The Balaban J connectivity index is 1.35. The summed E-state index contributed by atoms with van der Waals surface area (Å²) in [6.07, 6.45) is 3.80. The van der Waals surface area contributed by atoms with Crippen LogP contribution in [0.1, 0.15) is 30.4 Å². The first-order chi connectivity index (χ1) is 14.7. The lowest BCUT2D eigenvalue weighted by Gasteiger charge is -2.29. The topological polar surface area (TPSA) is 24.5 Å². The van der Waals surface area contributed by atoms with Gasteiger partial charge in [0, 0.05) is 35.9 Å². The van der Waals surface area contributed by atoms with Crippen molar-refractivity contribution < 1.29 is 4.74 Å². The van der Waals surface area contributed by atoms with Gasteiger partial charge in [0.25, 0.3) is 0 Å². The van der Waals surface area contributed by atoms with Gasteiger partial charge in [-0.3, -0.25) is 0 Å². The van der Waals surface area contributed by atoms with Crippen LogP contribution in [0.3, 0.4) is 0 Å². The molecule has 0 saturated carbocycles. The van der Waals surface area contributed by atoms with Gasteiger partial charge in [0.05, 0.1) is 10.7 Å². The van der Waals surface area contributed by atoms with E-state index in [2.05, 4.69) is 28.4 Å². The molecule has 0 amide bonds. The quantitative estimate of drug-likeness (QED) is 0.421. The third-order valence-electron chi connectivity index (χ3n) is 5.39. The number of anilines is 2. The van der Waals surface area contributed by atoms with Crippen molar-refractivity contribution in [1.29, 1.82) is 0 Å². The smallest absolute Gasteiger partial charge is 0.120 e. The Labute approximate surface area is 188 Å². The van der Waals surface area contributed by atoms with Crippen LogP contribution in [-0.2, 0) is 13.2 Å². The van der Waals surface area contributed by atoms with E-state index in [0.717, 1.165) is 51.4 Å². The zero-order chi connectivity index (χ0) is 20.8. The number of rotatable bonds is 7. The molecule has 4 rings (SSSR count). The average molecular weight is 441 g/mol. The molecule has 1 aliphatic rings. The summed E-state index contributed by atoms with van der Waals surface area (Å²) in [5.74, 6) is 0.827. The van der Waals surface area contributed by atoms with E-state index in [1.165, 1.54) is 19.3 Å². The zero-order valence-corrected chi connectivity index (χ0v) is 18.4. The molecule has 3 nitrogen and oxygen atoms in total. The predicted molar refractivity (Wildman–Crippen MR) is 127 cm³/mol. The third kappa shape index (κ3) is 5.41. The first-order valence-corrected chi connectivity index (χ1v) is 11.2. The Bertz CT molecular complexity index is 986. The summed E-state index contributed by atoms with van der Waals surface area (Å²) in [5.41, 5.74) is 4.27. The van der Waals surface area contributed by atoms with Crippen LogP contribution < -0.4 is 15.0 Å². The SMILES string of the molecule is Clc1ccccc1COc1cccc(CNc2ccc(N3CCCCC3)c(Cl)c2)c1. The number of hydrogen-bond donors (Lipinski definition) is 1. The Morgan fingerprint density at radius 1 is 0.833 bits per heavy atom. The normalized spacial score (nSPS) is 13.9. The van der Waals surface area contributed by atoms with E-state index in [-0.39, 0.29) is 0 Å². The Kier molecular flexibility index (Phi) is 7.03. The highest BCUT2D eigenvalue weighted by Gasteiger charge is 2.14. The Hall–Kier alpha value is -2.36. The monoisotopic (exact) mass is 440 g/mol. The molecule has 30 heavy (non-hydrogen) atoms. The maximum atomic E-state index is 6.57. The summed E-state index contributed by atoms with van der Waals surface area (Å²) in [6, 6.07) is 22.1. The number of benzene rings is 3. The predicted octanol–water partition coefficient (Wildman–Crippen LogP) is 7.17. The van der Waals surface area contributed by atoms with Crippen molar-refractivity contribution in [2.45, 2.75) is 32.4 Å². The minimum absolute atomic E-state index is 0.449. The number of piperidine rings is 1. The van der Waals surface area contributed by atoms with Gasteiger partial charge in [-0.2, -0.15) is 0 Å². The van der Waals surface area contributed by atoms with Crippen molar-refractivity contribution in [1.82, 2.24) is 0 Å². The highest BCUT2D eigenvalue weighted by atomic mass is 35.5. The Morgan fingerprint density at radius 3 is 2.47 bits per heavy atom. The second-order valence-electron chi connectivity index (χ2n) is 7.59. The maximum Gasteiger partial charge on any atom is 0.120 e. The molecule has 0 bridgehead atoms. The minimum atomic E-state index is 0.449. The Morgan fingerprint density at radius 2 is 1.67 bits per heavy atom. The van der Waals surface area contributed by atoms with Gasteiger partial charge < -0.3 is 15.0 Å². The second kappa shape index (κ2) is 10.1. The van der Waals surface area contributed by atoms with Crippen molar-refractivity contribution in [3.8, 4) is 5.75 Å². The fraction of sp³-hybridized carbons (Fsp3) is 0.280. The second-order valence-corrected chi connectivity index (χ2v) is 8.41. The molecule has 1 fully saturated rings. The van der Waals surface area contributed by atoms with E-state index in [0.29, 0.717) is 13.2 Å². The van der Waals surface area contributed by atoms with E-state index in [1.54, 1.807) is 0 Å². The van der Waals surface area contributed by atoms with Gasteiger partial charge in [-0.05, 0) is 61.2 Å². The van der Waals surface area contributed by atoms with E-state index in [4.69, 9.17) is 27.9 Å². The molecule has 1 heterocycles. The molecule has 0 aliphatic carbocycles. The summed E-state index contributed by atoms with van der Waals surface area (Å²) >= 11 is 12.8. The van der Waals surface area contributed by atoms with Crippen LogP contribution in [0, 0.1) is 0 Å². The first-order valence-electron chi connectivity index (χ1n) is 10.4. The minimum Gasteiger partial charge on any atom is -0.489 e. The van der Waals surface area contributed by atoms with E-state index < -0.39 is 0 Å². The highest BCUT2D eigenvalue weighted by Crippen LogP contribution is 2.31. The molecule has 5 heteroatoms. The summed E-state index contributed by atoms with van der Waals surface area (Å²) in [4.78, 5) is 2.38. The van der Waals surface area contributed by atoms with Gasteiger partial charge in [-0.25, -0.2) is 0 Å². The zero-order valence-electron chi connectivity index (χ0n) is 16.9. The largest absolute Gasteiger partial charge is 0.489 e. The first kappa shape index (κ1) is 20.9. The summed E-state index contributed by atoms with van der Waals surface area (Å²) in [7, 11) is 0. The molecular formula is C25H26Cl2N2O. The fourth-order valence-corrected chi connectivity index (χ4v) is 4.22. The lowest BCUT2D eigenvalue weighted by atomic mass is 10.1. The number of halogens is 2. The fourth-order valence-electron chi connectivity index (χ4n) is 3.73. The number of nitrogens with zero attached hydrogens (tertiary/aromatic N) is 1. The standard InChI is InChI=1S/C25H26Cl2N2O/c26-23-10-3-2-8-20(23)18-30-22-9-6-7-19(15-22)17-28-21-11-12-25(24(27)16-21)29-13-4-1-5-14-29/h2-3,6-12,15-16,28H,1,4-5,13-14,17-18H2. The summed E-state index contributed by atoms with van der Waals surface area (Å²) < 4.78 is 5.93. The third-order valence-corrected chi connectivity index (χ3v) is 6.06. The van der Waals surface area contributed by atoms with Crippen LogP contribution in [0.25, 0.3) is 0 Å². The van der Waals surface area contributed by atoms with E-state index in [9.17, 15) is 0 Å². The van der Waals surface area contributed by atoms with Crippen LogP contribution in [0.2, 0.25) is 10.0 Å². The van der Waals surface area contributed by atoms with Crippen LogP contribution in [0.15, 0.2) is 66.7 Å². The summed E-state index contributed by atoms with van der Waals surface area (Å²) in [5, 5.41) is 4.99. The van der Waals surface area contributed by atoms with Crippen molar-refractivity contribution in [3.05, 3.63) is 87.9 Å². The lowest BCUT2D eigenvalue weighted by molar-refractivity contribution is 0.306. The van der Waals surface area contributed by atoms with Gasteiger partial charge in [0.1, 0.15) is 12.4 Å². The number of nitrogens with one attached hydrogen (secondary N) is 1. The van der Waals surface area contributed by atoms with Crippen molar-refractivity contribution in [3.63, 3.8) is 0 Å². The molecule has 0 spiro atoms. The van der Waals surface area contributed by atoms with Crippen molar-refractivity contribution >= 4 is 34.6 Å². The molecular weight excluding hydrogens is 415 g/mol. The van der Waals surface area contributed by atoms with E-state index in [1.807, 2.05) is 48.5 Å². The molecule has 1 aliphatic heterocycles. The molecule has 156 valence electrons. The molecule has 3 aromatic carbocycles. The van der Waals surface area contributed by atoms with Gasteiger partial charge in [-0.15, -0.1) is 0 Å². The molecule has 0 radical (unpaired) electrons. The average Bonchev–Trinajstić information content (AvgIpc) is 2.78. The van der Waals surface area contributed by atoms with Crippen molar-refractivity contribution in [2.24, 2.45) is 0 Å². The van der Waals surface area contributed by atoms with Gasteiger partial charge in [-0.1, -0.05) is 53.5 Å². The van der Waals surface area contributed by atoms with Gasteiger partial charge in [0.2, 0.25) is 0 Å². The molecule has 0 unspecified atom stereocenters. The van der Waals surface area contributed by atoms with E-state index >= 15 is 0 Å². The van der Waals surface area contributed by atoms with Gasteiger partial charge >= 0.3 is 0 Å². The number of ether oxygens (including phenoxy) is 1. The lowest BCUT2D eigenvalue weighted by Crippen LogP contribution is -2.29. The highest BCUT2D eigenvalue weighted by molar-refractivity contribution is 6.33. The summed E-state index contributed by atoms with van der Waals surface area (Å²) in [6.45, 7) is 3.33. The number of hydrogen-bond acceptors (Lipinski definition) is 3. The molecule has 0 atom stereocenters. The molecule has 1 saturated heterocycles. The van der Waals surface area contributed by atoms with Crippen molar-refractivity contribution in [2.75, 3.05) is 23.3 Å². The molecule has 3 aromatic rings. The van der Waals surface area contributed by atoms with Crippen LogP contribution in [0.4, 0.5) is 11.4 Å². The molecule has 0 aromatic heterocycles. The molecule has 1 N–H and O–H groups in total.